The van der Waals surface area contributed by atoms with E-state index < -0.39 is 46.8 Å². The number of imide groups is 1. The van der Waals surface area contributed by atoms with Gasteiger partial charge in [-0.3, -0.25) is 29.3 Å². The van der Waals surface area contributed by atoms with Crippen LogP contribution in [-0.2, 0) is 9.59 Å². The predicted octanol–water partition coefficient (Wildman–Crippen LogP) is 4.48. The molecule has 2 aromatic carbocycles. The highest BCUT2D eigenvalue weighted by Gasteiger charge is 2.51. The van der Waals surface area contributed by atoms with E-state index in [2.05, 4.69) is 0 Å². The molecule has 0 aromatic heterocycles. The van der Waals surface area contributed by atoms with Crippen molar-refractivity contribution in [3.05, 3.63) is 85.4 Å². The second-order valence-electron chi connectivity index (χ2n) is 8.41. The maximum absolute atomic E-state index is 13.5. The quantitative estimate of drug-likeness (QED) is 0.184. The Morgan fingerprint density at radius 2 is 1.66 bits per heavy atom. The van der Waals surface area contributed by atoms with Crippen LogP contribution in [0.1, 0.15) is 40.5 Å². The summed E-state index contributed by atoms with van der Waals surface area (Å²) in [6, 6.07) is 8.89. The molecule has 1 aliphatic carbocycles. The summed E-state index contributed by atoms with van der Waals surface area (Å²) in [7, 11) is 0. The molecule has 2 aromatic rings. The van der Waals surface area contributed by atoms with Gasteiger partial charge in [0.2, 0.25) is 0 Å². The molecule has 35 heavy (non-hydrogen) atoms. The predicted molar refractivity (Wildman–Crippen MR) is 127 cm³/mol. The summed E-state index contributed by atoms with van der Waals surface area (Å²) < 4.78 is 0. The molecule has 1 fully saturated rings. The number of hydrogen-bond donors (Lipinski definition) is 0. The van der Waals surface area contributed by atoms with Crippen molar-refractivity contribution in [3.63, 3.8) is 0 Å². The van der Waals surface area contributed by atoms with Gasteiger partial charge < -0.3 is 0 Å². The van der Waals surface area contributed by atoms with Crippen LogP contribution in [0.2, 0.25) is 10.0 Å². The largest absolute Gasteiger partial charge is 0.292 e. The van der Waals surface area contributed by atoms with Gasteiger partial charge in [0.05, 0.1) is 26.8 Å². The number of hydrogen-bond acceptors (Lipinski definition) is 6. The number of carbonyl (C=O) groups is 4. The third-order valence-electron chi connectivity index (χ3n) is 6.14. The summed E-state index contributed by atoms with van der Waals surface area (Å²) in [6.45, 7) is 1.23. The number of rotatable bonds is 6. The SMILES string of the molecule is CC1=CC[C@@H]2C(=O)N(N(CC(=O)c3ccc([N+](=O)[O-])cc3)C(=O)c3ccc(Cl)c(Cl)c3)C(=O)[C@H]2C1. The second kappa shape index (κ2) is 9.59. The van der Waals surface area contributed by atoms with Gasteiger partial charge in [0.15, 0.2) is 5.78 Å². The highest BCUT2D eigenvalue weighted by atomic mass is 35.5. The van der Waals surface area contributed by atoms with Gasteiger partial charge >= 0.3 is 0 Å². The highest BCUT2D eigenvalue weighted by Crippen LogP contribution is 2.38. The molecule has 1 heterocycles. The number of hydrazine groups is 1. The zero-order valence-electron chi connectivity index (χ0n) is 18.4. The molecule has 9 nitrogen and oxygen atoms in total. The molecule has 180 valence electrons. The molecule has 0 spiro atoms. The van der Waals surface area contributed by atoms with E-state index in [4.69, 9.17) is 23.2 Å². The normalized spacial score (nSPS) is 19.3. The number of non-ortho nitro benzene ring substituents is 1. The average Bonchev–Trinajstić information content (AvgIpc) is 3.07. The molecule has 1 saturated heterocycles. The van der Waals surface area contributed by atoms with Crippen LogP contribution in [0.4, 0.5) is 5.69 Å². The average molecular weight is 516 g/mol. The molecule has 2 atom stereocenters. The Kier molecular flexibility index (Phi) is 6.73. The number of fused-ring (bicyclic) bond motifs is 1. The molecule has 4 rings (SSSR count). The summed E-state index contributed by atoms with van der Waals surface area (Å²) in [6.07, 6.45) is 2.64. The number of nitro groups is 1. The minimum Gasteiger partial charge on any atom is -0.292 e. The van der Waals surface area contributed by atoms with Crippen LogP contribution < -0.4 is 0 Å². The molecule has 11 heteroatoms. The maximum atomic E-state index is 13.5. The Labute approximate surface area is 210 Å². The Bertz CT molecular complexity index is 1290. The van der Waals surface area contributed by atoms with Gasteiger partial charge in [-0.15, -0.1) is 0 Å². The highest BCUT2D eigenvalue weighted by molar-refractivity contribution is 6.42. The lowest BCUT2D eigenvalue weighted by Crippen LogP contribution is -2.52. The fourth-order valence-electron chi connectivity index (χ4n) is 4.27. The third-order valence-corrected chi connectivity index (χ3v) is 6.87. The van der Waals surface area contributed by atoms with Crippen molar-refractivity contribution in [1.29, 1.82) is 0 Å². The van der Waals surface area contributed by atoms with Crippen molar-refractivity contribution in [2.75, 3.05) is 6.54 Å². The lowest BCUT2D eigenvalue weighted by atomic mass is 9.82. The molecular weight excluding hydrogens is 497 g/mol. The lowest BCUT2D eigenvalue weighted by Gasteiger charge is -2.30. The van der Waals surface area contributed by atoms with E-state index in [1.165, 1.54) is 30.3 Å². The summed E-state index contributed by atoms with van der Waals surface area (Å²) in [5.41, 5.74) is 0.873. The number of Topliss-reactive ketones (excluding diaryl/α,β-unsaturated/α-hetero) is 1. The van der Waals surface area contributed by atoms with E-state index in [9.17, 15) is 29.3 Å². The minimum atomic E-state index is -0.788. The van der Waals surface area contributed by atoms with Crippen molar-refractivity contribution in [1.82, 2.24) is 10.0 Å². The molecular formula is C24H19Cl2N3O6. The van der Waals surface area contributed by atoms with Gasteiger partial charge in [0, 0.05) is 23.3 Å². The molecule has 0 N–H and O–H groups in total. The Morgan fingerprint density at radius 3 is 2.29 bits per heavy atom. The number of nitro benzene ring substituents is 1. The number of allylic oxidation sites excluding steroid dienone is 2. The summed E-state index contributed by atoms with van der Waals surface area (Å²) >= 11 is 12.0. The minimum absolute atomic E-state index is 0.0284. The Balaban J connectivity index is 1.69. The monoisotopic (exact) mass is 515 g/mol. The fourth-order valence-corrected chi connectivity index (χ4v) is 4.56. The van der Waals surface area contributed by atoms with Crippen molar-refractivity contribution < 1.29 is 24.1 Å². The number of carbonyl (C=O) groups excluding carboxylic acids is 4. The molecule has 3 amide bonds. The van der Waals surface area contributed by atoms with Gasteiger partial charge in [0.25, 0.3) is 23.4 Å². The summed E-state index contributed by atoms with van der Waals surface area (Å²) in [5.74, 6) is -3.76. The van der Waals surface area contributed by atoms with Crippen molar-refractivity contribution in [3.8, 4) is 0 Å². The first-order valence-electron chi connectivity index (χ1n) is 10.7. The van der Waals surface area contributed by atoms with Gasteiger partial charge in [-0.1, -0.05) is 34.9 Å². The van der Waals surface area contributed by atoms with Crippen LogP contribution in [0, 0.1) is 22.0 Å². The van der Waals surface area contributed by atoms with Crippen molar-refractivity contribution in [2.45, 2.75) is 19.8 Å². The molecule has 0 saturated carbocycles. The van der Waals surface area contributed by atoms with Gasteiger partial charge in [-0.25, -0.2) is 5.01 Å². The molecule has 0 radical (unpaired) electrons. The van der Waals surface area contributed by atoms with E-state index in [1.807, 2.05) is 13.0 Å². The first-order chi connectivity index (χ1) is 16.6. The smallest absolute Gasteiger partial charge is 0.273 e. The van der Waals surface area contributed by atoms with Crippen LogP contribution >= 0.6 is 23.2 Å². The van der Waals surface area contributed by atoms with E-state index in [0.717, 1.165) is 27.7 Å². The molecule has 1 aliphatic heterocycles. The van der Waals surface area contributed by atoms with E-state index in [0.29, 0.717) is 12.8 Å². The number of benzene rings is 2. The Hall–Kier alpha value is -3.56. The van der Waals surface area contributed by atoms with Gasteiger partial charge in [-0.2, -0.15) is 5.01 Å². The molecule has 0 bridgehead atoms. The first-order valence-corrected chi connectivity index (χ1v) is 11.4. The van der Waals surface area contributed by atoms with E-state index >= 15 is 0 Å². The zero-order chi connectivity index (χ0) is 25.4. The van der Waals surface area contributed by atoms with Crippen LogP contribution in [0.25, 0.3) is 0 Å². The molecule has 0 unspecified atom stereocenters. The van der Waals surface area contributed by atoms with E-state index in [1.54, 1.807) is 0 Å². The van der Waals surface area contributed by atoms with Gasteiger partial charge in [0.1, 0.15) is 6.54 Å². The topological polar surface area (TPSA) is 118 Å². The third kappa shape index (κ3) is 4.69. The zero-order valence-corrected chi connectivity index (χ0v) is 20.0. The maximum Gasteiger partial charge on any atom is 0.273 e. The number of ketones is 1. The van der Waals surface area contributed by atoms with Gasteiger partial charge in [-0.05, 0) is 50.1 Å². The summed E-state index contributed by atoms with van der Waals surface area (Å²) in [4.78, 5) is 63.4. The van der Waals surface area contributed by atoms with Crippen LogP contribution in [0.5, 0.6) is 0 Å². The second-order valence-corrected chi connectivity index (χ2v) is 9.22. The molecule has 2 aliphatic rings. The number of halogens is 2. The standard InChI is InChI=1S/C24H19Cl2N3O6/c1-13-2-8-17-18(10-13)24(33)28(23(17)32)27(22(31)15-5-9-19(25)20(26)11-15)12-21(30)14-3-6-16(7-4-14)29(34)35/h2-7,9,11,17-18H,8,10,12H2,1H3/t17-,18-/m0/s1. The number of amides is 3. The van der Waals surface area contributed by atoms with Crippen LogP contribution in [0.3, 0.4) is 0 Å². The Morgan fingerprint density at radius 1 is 1.03 bits per heavy atom. The van der Waals surface area contributed by atoms with Crippen LogP contribution in [0.15, 0.2) is 54.1 Å². The van der Waals surface area contributed by atoms with E-state index in [-0.39, 0.29) is 26.9 Å². The number of nitrogens with zero attached hydrogens (tertiary/aromatic N) is 3. The first kappa shape index (κ1) is 24.6. The lowest BCUT2D eigenvalue weighted by molar-refractivity contribution is -0.384. The summed E-state index contributed by atoms with van der Waals surface area (Å²) in [5, 5.41) is 12.8. The van der Waals surface area contributed by atoms with Crippen LogP contribution in [-0.4, -0.2) is 45.0 Å². The van der Waals surface area contributed by atoms with Crippen molar-refractivity contribution >= 4 is 52.4 Å². The fraction of sp³-hybridized carbons (Fsp3) is 0.250. The van der Waals surface area contributed by atoms with Crippen molar-refractivity contribution in [2.24, 2.45) is 11.8 Å².